The van der Waals surface area contributed by atoms with Crippen molar-refractivity contribution in [3.63, 3.8) is 0 Å². The first-order valence-electron chi connectivity index (χ1n) is 12.7. The Labute approximate surface area is 202 Å². The van der Waals surface area contributed by atoms with E-state index in [0.29, 0.717) is 35.8 Å². The van der Waals surface area contributed by atoms with E-state index in [-0.39, 0.29) is 24.0 Å². The van der Waals surface area contributed by atoms with Gasteiger partial charge < -0.3 is 20.3 Å². The molecule has 1 saturated carbocycles. The third kappa shape index (κ3) is 5.51. The number of benzene rings is 1. The van der Waals surface area contributed by atoms with Gasteiger partial charge in [0.15, 0.2) is 0 Å². The molecule has 0 unspecified atom stereocenters. The zero-order valence-electron chi connectivity index (χ0n) is 20.1. The summed E-state index contributed by atoms with van der Waals surface area (Å²) in [6, 6.07) is 10.9. The van der Waals surface area contributed by atoms with Gasteiger partial charge in [-0.05, 0) is 63.3 Å². The number of nitrogens with zero attached hydrogens (tertiary/aromatic N) is 3. The van der Waals surface area contributed by atoms with Gasteiger partial charge in [0.05, 0.1) is 17.2 Å². The highest BCUT2D eigenvalue weighted by Gasteiger charge is 2.35. The van der Waals surface area contributed by atoms with Crippen molar-refractivity contribution >= 4 is 17.6 Å². The van der Waals surface area contributed by atoms with Crippen molar-refractivity contribution in [1.29, 1.82) is 0 Å². The fraction of sp³-hybridized carbons (Fsp3) is 0.519. The fourth-order valence-corrected chi connectivity index (χ4v) is 5.11. The van der Waals surface area contributed by atoms with Gasteiger partial charge in [-0.1, -0.05) is 31.4 Å². The van der Waals surface area contributed by atoms with Crippen LogP contribution in [-0.4, -0.2) is 58.4 Å². The van der Waals surface area contributed by atoms with Crippen LogP contribution in [0.25, 0.3) is 0 Å². The molecule has 2 aliphatic rings. The van der Waals surface area contributed by atoms with Crippen molar-refractivity contribution in [1.82, 2.24) is 14.8 Å². The number of amides is 2. The average Bonchev–Trinajstić information content (AvgIpc) is 2.86. The largest absolute Gasteiger partial charge is 0.487 e. The fourth-order valence-electron chi connectivity index (χ4n) is 5.11. The molecule has 0 spiro atoms. The lowest BCUT2D eigenvalue weighted by molar-refractivity contribution is 0.0266. The number of carbonyl (C=O) groups is 2. The normalized spacial score (nSPS) is 22.2. The highest BCUT2D eigenvalue weighted by Crippen LogP contribution is 2.31. The molecule has 34 heavy (non-hydrogen) atoms. The Morgan fingerprint density at radius 2 is 1.79 bits per heavy atom. The number of para-hydroxylation sites is 1. The number of hydrogen-bond acceptors (Lipinski definition) is 5. The standard InChI is InChI=1S/C27H36N4O3/c1-2-30-17-9-3-4-10-18-31(26(32)20-15-16-25(28)29-19-20)22-12-6-8-14-24(22)34-23-13-7-5-11-21(23)27(30)33/h5,7,11,13,15-16,19,22,24H,2-4,6,8-10,12,14,17-18H2,1H3,(H2,28,29)/t22-,24+/m1/s1. The second-order valence-corrected chi connectivity index (χ2v) is 9.27. The summed E-state index contributed by atoms with van der Waals surface area (Å²) in [6.45, 7) is 4.12. The van der Waals surface area contributed by atoms with Crippen LogP contribution >= 0.6 is 0 Å². The maximum Gasteiger partial charge on any atom is 0.257 e. The number of nitrogens with two attached hydrogens (primary N) is 1. The van der Waals surface area contributed by atoms with Crippen molar-refractivity contribution < 1.29 is 14.3 Å². The van der Waals surface area contributed by atoms with Crippen LogP contribution in [0.1, 0.15) is 79.0 Å². The number of aromatic nitrogens is 1. The van der Waals surface area contributed by atoms with Gasteiger partial charge in [0.1, 0.15) is 17.7 Å². The summed E-state index contributed by atoms with van der Waals surface area (Å²) < 4.78 is 6.57. The molecule has 4 rings (SSSR count). The van der Waals surface area contributed by atoms with Crippen molar-refractivity contribution in [2.75, 3.05) is 25.4 Å². The van der Waals surface area contributed by atoms with E-state index >= 15 is 0 Å². The monoisotopic (exact) mass is 464 g/mol. The summed E-state index contributed by atoms with van der Waals surface area (Å²) in [5.74, 6) is 1.00. The predicted octanol–water partition coefficient (Wildman–Crippen LogP) is 4.53. The molecule has 2 amide bonds. The second kappa shape index (κ2) is 11.4. The molecule has 0 bridgehead atoms. The molecule has 1 aliphatic carbocycles. The summed E-state index contributed by atoms with van der Waals surface area (Å²) in [5, 5.41) is 0. The van der Waals surface area contributed by atoms with Crippen molar-refractivity contribution in [2.45, 2.75) is 70.4 Å². The number of rotatable bonds is 2. The Morgan fingerprint density at radius 1 is 1.03 bits per heavy atom. The quantitative estimate of drug-likeness (QED) is 0.705. The number of pyridine rings is 1. The summed E-state index contributed by atoms with van der Waals surface area (Å²) >= 11 is 0. The lowest BCUT2D eigenvalue weighted by Crippen LogP contribution is -2.51. The van der Waals surface area contributed by atoms with E-state index < -0.39 is 0 Å². The summed E-state index contributed by atoms with van der Waals surface area (Å²) in [6.07, 6.45) is 9.16. The van der Waals surface area contributed by atoms with E-state index in [0.717, 1.165) is 57.9 Å². The summed E-state index contributed by atoms with van der Waals surface area (Å²) in [7, 11) is 0. The maximum atomic E-state index is 13.6. The highest BCUT2D eigenvalue weighted by molar-refractivity contribution is 5.97. The molecule has 0 saturated heterocycles. The van der Waals surface area contributed by atoms with E-state index in [1.165, 1.54) is 0 Å². The minimum absolute atomic E-state index is 0.0170. The Morgan fingerprint density at radius 3 is 2.56 bits per heavy atom. The Balaban J connectivity index is 1.67. The number of fused-ring (bicyclic) bond motifs is 2. The third-order valence-electron chi connectivity index (χ3n) is 7.00. The van der Waals surface area contributed by atoms with Crippen molar-refractivity contribution in [3.8, 4) is 5.75 Å². The molecule has 1 aromatic heterocycles. The van der Waals surface area contributed by atoms with Crippen LogP contribution in [0, 0.1) is 0 Å². The molecule has 1 fully saturated rings. The van der Waals surface area contributed by atoms with Crippen LogP contribution in [0.4, 0.5) is 5.82 Å². The number of anilines is 1. The minimum Gasteiger partial charge on any atom is -0.487 e. The van der Waals surface area contributed by atoms with E-state index in [1.54, 1.807) is 18.3 Å². The van der Waals surface area contributed by atoms with Gasteiger partial charge in [-0.25, -0.2) is 4.98 Å². The molecular weight excluding hydrogens is 428 g/mol. The Hall–Kier alpha value is -3.09. The number of carbonyl (C=O) groups excluding carboxylic acids is 2. The predicted molar refractivity (Wildman–Crippen MR) is 133 cm³/mol. The van der Waals surface area contributed by atoms with Gasteiger partial charge in [0.2, 0.25) is 0 Å². The molecule has 2 atom stereocenters. The van der Waals surface area contributed by atoms with Gasteiger partial charge in [-0.15, -0.1) is 0 Å². The average molecular weight is 465 g/mol. The van der Waals surface area contributed by atoms with Crippen molar-refractivity contribution in [3.05, 3.63) is 53.7 Å². The van der Waals surface area contributed by atoms with Gasteiger partial charge in [0.25, 0.3) is 11.8 Å². The topological polar surface area (TPSA) is 88.8 Å². The second-order valence-electron chi connectivity index (χ2n) is 9.27. The maximum absolute atomic E-state index is 13.6. The van der Waals surface area contributed by atoms with Crippen LogP contribution in [-0.2, 0) is 0 Å². The molecule has 2 N–H and O–H groups in total. The Kier molecular flexibility index (Phi) is 8.03. The van der Waals surface area contributed by atoms with Gasteiger partial charge >= 0.3 is 0 Å². The van der Waals surface area contributed by atoms with E-state index in [1.807, 2.05) is 41.0 Å². The molecule has 1 aliphatic heterocycles. The molecular formula is C27H36N4O3. The SMILES string of the molecule is CCN1CCCCCCN(C(=O)c2ccc(N)nc2)[C@@H]2CCCC[C@@H]2Oc2ccccc2C1=O. The van der Waals surface area contributed by atoms with Crippen LogP contribution in [0.15, 0.2) is 42.6 Å². The lowest BCUT2D eigenvalue weighted by atomic mass is 9.90. The van der Waals surface area contributed by atoms with E-state index in [4.69, 9.17) is 10.5 Å². The minimum atomic E-state index is -0.161. The van der Waals surface area contributed by atoms with Gasteiger partial charge in [-0.2, -0.15) is 0 Å². The molecule has 1 aromatic carbocycles. The Bertz CT molecular complexity index is 978. The van der Waals surface area contributed by atoms with Crippen LogP contribution in [0.3, 0.4) is 0 Å². The smallest absolute Gasteiger partial charge is 0.257 e. The zero-order valence-corrected chi connectivity index (χ0v) is 20.1. The van der Waals surface area contributed by atoms with Gasteiger partial charge in [0, 0.05) is 25.8 Å². The molecule has 2 heterocycles. The molecule has 7 nitrogen and oxygen atoms in total. The van der Waals surface area contributed by atoms with E-state index in [9.17, 15) is 9.59 Å². The molecule has 2 aromatic rings. The first-order valence-corrected chi connectivity index (χ1v) is 12.7. The van der Waals surface area contributed by atoms with Crippen LogP contribution < -0.4 is 10.5 Å². The van der Waals surface area contributed by atoms with Crippen molar-refractivity contribution in [2.24, 2.45) is 0 Å². The van der Waals surface area contributed by atoms with Crippen LogP contribution in [0.5, 0.6) is 5.75 Å². The number of nitrogen functional groups attached to an aromatic ring is 1. The third-order valence-corrected chi connectivity index (χ3v) is 7.00. The highest BCUT2D eigenvalue weighted by atomic mass is 16.5. The first kappa shape index (κ1) is 24.0. The van der Waals surface area contributed by atoms with E-state index in [2.05, 4.69) is 4.98 Å². The lowest BCUT2D eigenvalue weighted by Gasteiger charge is -2.40. The van der Waals surface area contributed by atoms with Crippen LogP contribution in [0.2, 0.25) is 0 Å². The summed E-state index contributed by atoms with van der Waals surface area (Å²) in [5.41, 5.74) is 6.90. The molecule has 182 valence electrons. The van der Waals surface area contributed by atoms with Gasteiger partial charge in [-0.3, -0.25) is 9.59 Å². The number of ether oxygens (including phenoxy) is 1. The summed E-state index contributed by atoms with van der Waals surface area (Å²) in [4.78, 5) is 35.0. The zero-order chi connectivity index (χ0) is 23.9. The molecule has 0 radical (unpaired) electrons. The number of hydrogen-bond donors (Lipinski definition) is 1. The first-order chi connectivity index (χ1) is 16.6. The molecule has 7 heteroatoms.